The van der Waals surface area contributed by atoms with Crippen molar-refractivity contribution >= 4 is 27.6 Å². The molecule has 3 aromatic heterocycles. The Morgan fingerprint density at radius 2 is 2.04 bits per heavy atom. The van der Waals surface area contributed by atoms with E-state index in [-0.39, 0.29) is 11.9 Å². The predicted octanol–water partition coefficient (Wildman–Crippen LogP) is 4.09. The van der Waals surface area contributed by atoms with Gasteiger partial charge in [-0.25, -0.2) is 4.98 Å². The standard InChI is InChI=1S/C18H18N4OS2/c1-12-19-18-22(20-12)17(23)16(25-18)15(14-8-9-24-11-14)21(2)10-13-6-4-3-5-7-13/h3-9,11,15,23H,10H2,1-2H3/t15-/m1/s1. The highest BCUT2D eigenvalue weighted by atomic mass is 32.1. The maximum atomic E-state index is 10.7. The summed E-state index contributed by atoms with van der Waals surface area (Å²) in [6.07, 6.45) is 0. The molecule has 0 bridgehead atoms. The normalized spacial score (nSPS) is 12.9. The summed E-state index contributed by atoms with van der Waals surface area (Å²) >= 11 is 3.15. The van der Waals surface area contributed by atoms with Gasteiger partial charge < -0.3 is 5.11 Å². The number of benzene rings is 1. The minimum absolute atomic E-state index is 0.0414. The average Bonchev–Trinajstić information content (AvgIpc) is 3.29. The average molecular weight is 371 g/mol. The van der Waals surface area contributed by atoms with Crippen LogP contribution < -0.4 is 0 Å². The Morgan fingerprint density at radius 3 is 2.72 bits per heavy atom. The summed E-state index contributed by atoms with van der Waals surface area (Å²) in [7, 11) is 2.08. The highest BCUT2D eigenvalue weighted by Crippen LogP contribution is 2.40. The van der Waals surface area contributed by atoms with E-state index in [0.29, 0.717) is 5.82 Å². The molecule has 5 nitrogen and oxygen atoms in total. The molecule has 0 fully saturated rings. The minimum Gasteiger partial charge on any atom is -0.492 e. The van der Waals surface area contributed by atoms with Gasteiger partial charge in [0.25, 0.3) is 0 Å². The number of thiophene rings is 1. The number of hydrogen-bond donors (Lipinski definition) is 1. The molecule has 1 aromatic carbocycles. The fraction of sp³-hybridized carbons (Fsp3) is 0.222. The Balaban J connectivity index is 1.75. The van der Waals surface area contributed by atoms with Crippen LogP contribution in [0.15, 0.2) is 47.2 Å². The van der Waals surface area contributed by atoms with Crippen molar-refractivity contribution in [2.45, 2.75) is 19.5 Å². The zero-order valence-electron chi connectivity index (χ0n) is 14.0. The molecule has 0 radical (unpaired) electrons. The fourth-order valence-corrected chi connectivity index (χ4v) is 4.90. The molecule has 0 saturated carbocycles. The molecule has 0 spiro atoms. The van der Waals surface area contributed by atoms with Crippen molar-refractivity contribution in [3.8, 4) is 5.88 Å². The van der Waals surface area contributed by atoms with Crippen LogP contribution in [0, 0.1) is 6.92 Å². The van der Waals surface area contributed by atoms with Gasteiger partial charge in [-0.05, 0) is 41.9 Å². The molecule has 0 aliphatic rings. The Bertz CT molecular complexity index is 976. The zero-order valence-corrected chi connectivity index (χ0v) is 15.6. The second kappa shape index (κ2) is 6.59. The summed E-state index contributed by atoms with van der Waals surface area (Å²) in [4.78, 5) is 8.23. The first-order valence-electron chi connectivity index (χ1n) is 7.95. The maximum absolute atomic E-state index is 10.7. The molecule has 0 saturated heterocycles. The third-order valence-electron chi connectivity index (χ3n) is 4.13. The fourth-order valence-electron chi connectivity index (χ4n) is 3.03. The van der Waals surface area contributed by atoms with E-state index >= 15 is 0 Å². The van der Waals surface area contributed by atoms with Gasteiger partial charge in [-0.1, -0.05) is 41.7 Å². The molecule has 3 heterocycles. The summed E-state index contributed by atoms with van der Waals surface area (Å²) < 4.78 is 1.53. The molecule has 4 rings (SSSR count). The smallest absolute Gasteiger partial charge is 0.230 e. The molecule has 128 valence electrons. The van der Waals surface area contributed by atoms with Crippen molar-refractivity contribution in [1.82, 2.24) is 19.5 Å². The lowest BCUT2D eigenvalue weighted by molar-refractivity contribution is 0.267. The first-order chi connectivity index (χ1) is 12.1. The second-order valence-electron chi connectivity index (χ2n) is 6.00. The third-order valence-corrected chi connectivity index (χ3v) is 5.90. The van der Waals surface area contributed by atoms with Crippen LogP contribution in [-0.2, 0) is 6.54 Å². The van der Waals surface area contributed by atoms with Gasteiger partial charge in [-0.15, -0.1) is 5.10 Å². The number of rotatable bonds is 5. The summed E-state index contributed by atoms with van der Waals surface area (Å²) in [5, 5.41) is 19.2. The molecule has 0 unspecified atom stereocenters. The Labute approximate surface area is 153 Å². The Morgan fingerprint density at radius 1 is 1.24 bits per heavy atom. The van der Waals surface area contributed by atoms with Gasteiger partial charge in [0.2, 0.25) is 10.8 Å². The number of fused-ring (bicyclic) bond motifs is 1. The monoisotopic (exact) mass is 370 g/mol. The molecule has 1 atom stereocenters. The number of hydrogen-bond acceptors (Lipinski definition) is 6. The van der Waals surface area contributed by atoms with Gasteiger partial charge in [0.1, 0.15) is 5.82 Å². The van der Waals surface area contributed by atoms with E-state index in [4.69, 9.17) is 0 Å². The van der Waals surface area contributed by atoms with E-state index < -0.39 is 0 Å². The van der Waals surface area contributed by atoms with Crippen LogP contribution in [0.2, 0.25) is 0 Å². The lowest BCUT2D eigenvalue weighted by Crippen LogP contribution is -2.24. The quantitative estimate of drug-likeness (QED) is 0.575. The van der Waals surface area contributed by atoms with Gasteiger partial charge >= 0.3 is 0 Å². The van der Waals surface area contributed by atoms with Crippen LogP contribution in [0.25, 0.3) is 4.96 Å². The van der Waals surface area contributed by atoms with E-state index in [9.17, 15) is 5.11 Å². The molecule has 4 aromatic rings. The van der Waals surface area contributed by atoms with Gasteiger partial charge in [0, 0.05) is 6.54 Å². The molecule has 0 aliphatic carbocycles. The highest BCUT2D eigenvalue weighted by molar-refractivity contribution is 7.17. The number of aryl methyl sites for hydroxylation is 1. The van der Waals surface area contributed by atoms with Crippen molar-refractivity contribution in [3.63, 3.8) is 0 Å². The maximum Gasteiger partial charge on any atom is 0.230 e. The van der Waals surface area contributed by atoms with Gasteiger partial charge in [0.05, 0.1) is 10.9 Å². The molecular formula is C18H18N4OS2. The predicted molar refractivity (Wildman–Crippen MR) is 101 cm³/mol. The second-order valence-corrected chi connectivity index (χ2v) is 7.79. The van der Waals surface area contributed by atoms with E-state index in [1.807, 2.05) is 25.1 Å². The van der Waals surface area contributed by atoms with Crippen molar-refractivity contribution in [2.75, 3.05) is 7.05 Å². The SMILES string of the molecule is Cc1nc2sc([C@@H](c3ccsc3)N(C)Cc3ccccc3)c(O)n2n1. The van der Waals surface area contributed by atoms with Crippen LogP contribution in [0.3, 0.4) is 0 Å². The van der Waals surface area contributed by atoms with Crippen molar-refractivity contribution in [2.24, 2.45) is 0 Å². The van der Waals surface area contributed by atoms with Crippen molar-refractivity contribution in [1.29, 1.82) is 0 Å². The van der Waals surface area contributed by atoms with Crippen molar-refractivity contribution in [3.05, 3.63) is 69.0 Å². The largest absolute Gasteiger partial charge is 0.492 e. The van der Waals surface area contributed by atoms with Gasteiger partial charge in [0.15, 0.2) is 0 Å². The molecule has 25 heavy (non-hydrogen) atoms. The number of aromatic hydroxyl groups is 1. The Hall–Kier alpha value is -2.22. The summed E-state index contributed by atoms with van der Waals surface area (Å²) in [5.74, 6) is 0.842. The van der Waals surface area contributed by atoms with Crippen LogP contribution in [0.1, 0.15) is 27.9 Å². The van der Waals surface area contributed by atoms with Crippen LogP contribution in [0.5, 0.6) is 5.88 Å². The van der Waals surface area contributed by atoms with Crippen LogP contribution >= 0.6 is 22.7 Å². The number of thiazole rings is 1. The highest BCUT2D eigenvalue weighted by Gasteiger charge is 2.27. The van der Waals surface area contributed by atoms with E-state index in [1.165, 1.54) is 27.0 Å². The Kier molecular flexibility index (Phi) is 4.29. The molecule has 7 heteroatoms. The summed E-state index contributed by atoms with van der Waals surface area (Å²) in [6.45, 7) is 2.62. The van der Waals surface area contributed by atoms with E-state index in [2.05, 4.69) is 51.0 Å². The van der Waals surface area contributed by atoms with Crippen LogP contribution in [-0.4, -0.2) is 31.7 Å². The molecule has 0 amide bonds. The number of aromatic nitrogens is 3. The third kappa shape index (κ3) is 3.06. The lowest BCUT2D eigenvalue weighted by atomic mass is 10.1. The molecule has 0 aliphatic heterocycles. The van der Waals surface area contributed by atoms with Crippen molar-refractivity contribution < 1.29 is 5.11 Å². The first kappa shape index (κ1) is 16.3. The van der Waals surface area contributed by atoms with Gasteiger partial charge in [-0.3, -0.25) is 4.90 Å². The molecule has 1 N–H and O–H groups in total. The van der Waals surface area contributed by atoms with Crippen LogP contribution in [0.4, 0.5) is 0 Å². The lowest BCUT2D eigenvalue weighted by Gasteiger charge is -2.27. The summed E-state index contributed by atoms with van der Waals surface area (Å²) in [6, 6.07) is 12.4. The first-order valence-corrected chi connectivity index (χ1v) is 9.70. The molecular weight excluding hydrogens is 352 g/mol. The zero-order chi connectivity index (χ0) is 17.4. The van der Waals surface area contributed by atoms with E-state index in [1.54, 1.807) is 11.3 Å². The topological polar surface area (TPSA) is 53.7 Å². The summed E-state index contributed by atoms with van der Waals surface area (Å²) in [5.41, 5.74) is 2.40. The van der Waals surface area contributed by atoms with Gasteiger partial charge in [-0.2, -0.15) is 15.9 Å². The minimum atomic E-state index is -0.0414. The number of nitrogens with zero attached hydrogens (tertiary/aromatic N) is 4. The van der Waals surface area contributed by atoms with E-state index in [0.717, 1.165) is 16.4 Å².